The van der Waals surface area contributed by atoms with Crippen molar-refractivity contribution in [2.45, 2.75) is 80.1 Å². The summed E-state index contributed by atoms with van der Waals surface area (Å²) in [5.74, 6) is 0.972. The average molecular weight is 917 g/mol. The lowest BCUT2D eigenvalue weighted by Gasteiger charge is -2.23. The number of aliphatic hydroxyl groups is 2. The van der Waals surface area contributed by atoms with Gasteiger partial charge >= 0.3 is 21.7 Å². The number of nitrogens with one attached hydrogen (secondary N) is 3. The van der Waals surface area contributed by atoms with Crippen LogP contribution in [-0.4, -0.2) is 176 Å². The molecule has 10 N–H and O–H groups in total. The Balaban J connectivity index is 0.844. The van der Waals surface area contributed by atoms with Crippen LogP contribution in [0.5, 0.6) is 0 Å². The predicted octanol–water partition coefficient (Wildman–Crippen LogP) is -1.06. The Morgan fingerprint density at radius 2 is 1.70 bits per heavy atom. The van der Waals surface area contributed by atoms with Gasteiger partial charge in [0.1, 0.15) is 36.3 Å². The summed E-state index contributed by atoms with van der Waals surface area (Å²) in [5, 5.41) is 30.5. The van der Waals surface area contributed by atoms with E-state index in [1.165, 1.54) is 10.9 Å². The van der Waals surface area contributed by atoms with Gasteiger partial charge in [-0.25, -0.2) is 28.9 Å². The van der Waals surface area contributed by atoms with E-state index < -0.39 is 59.5 Å². The lowest BCUT2D eigenvalue weighted by atomic mass is 10.0. The Labute approximate surface area is 348 Å². The summed E-state index contributed by atoms with van der Waals surface area (Å²) in [5.41, 5.74) is 6.09. The van der Waals surface area contributed by atoms with E-state index in [1.807, 2.05) is 11.8 Å². The van der Waals surface area contributed by atoms with E-state index in [-0.39, 0.29) is 67.4 Å². The summed E-state index contributed by atoms with van der Waals surface area (Å²) in [6.45, 7) is 0.711. The SMILES string of the molecule is Nc1ncnc2c1ncn2[C@@H]1O[C@H](COP(=O)(O)O)[C@@H](OP(=O)(O)OCC(O)COCCOCCOCCOCCCNC(=O)CCCCC2SCC3NC(=O)NC32)[C@H]1O. The van der Waals surface area contributed by atoms with E-state index in [0.717, 1.165) is 31.3 Å². The number of hydrogen-bond acceptors (Lipinski definition) is 19. The maximum Gasteiger partial charge on any atom is 0.472 e. The monoisotopic (exact) mass is 916 g/mol. The first-order valence-corrected chi connectivity index (χ1v) is 23.3. The van der Waals surface area contributed by atoms with Crippen molar-refractivity contribution in [1.29, 1.82) is 0 Å². The molecule has 3 amide bonds. The molecule has 5 unspecified atom stereocenters. The second kappa shape index (κ2) is 23.7. The summed E-state index contributed by atoms with van der Waals surface area (Å²) in [6, 6.07) is 0.309. The van der Waals surface area contributed by atoms with Crippen LogP contribution in [-0.2, 0) is 51.2 Å². The topological polar surface area (TPSA) is 349 Å². The van der Waals surface area contributed by atoms with Crippen LogP contribution in [0.1, 0.15) is 38.3 Å². The summed E-state index contributed by atoms with van der Waals surface area (Å²) in [4.78, 5) is 64.3. The molecular formula is C32H54N8O17P2S. The third kappa shape index (κ3) is 15.3. The number of aromatic nitrogens is 4. The van der Waals surface area contributed by atoms with Gasteiger partial charge < -0.3 is 70.3 Å². The van der Waals surface area contributed by atoms with Gasteiger partial charge in [0.05, 0.1) is 77.9 Å². The predicted molar refractivity (Wildman–Crippen MR) is 209 cm³/mol. The van der Waals surface area contributed by atoms with Crippen LogP contribution >= 0.6 is 27.4 Å². The molecule has 0 aromatic carbocycles. The van der Waals surface area contributed by atoms with E-state index in [1.54, 1.807) is 0 Å². The highest BCUT2D eigenvalue weighted by molar-refractivity contribution is 8.00. The van der Waals surface area contributed by atoms with Gasteiger partial charge in [0.25, 0.3) is 0 Å². The average Bonchev–Trinajstić information content (AvgIpc) is 3.96. The largest absolute Gasteiger partial charge is 0.472 e. The number of urea groups is 1. The number of phosphoric acid groups is 2. The Kier molecular flexibility index (Phi) is 19.1. The molecule has 340 valence electrons. The number of nitrogens with zero attached hydrogens (tertiary/aromatic N) is 4. The maximum absolute atomic E-state index is 12.8. The molecule has 2 aromatic heterocycles. The zero-order valence-electron chi connectivity index (χ0n) is 32.6. The molecule has 3 saturated heterocycles. The van der Waals surface area contributed by atoms with Crippen LogP contribution in [0, 0.1) is 0 Å². The molecule has 5 rings (SSSR count). The van der Waals surface area contributed by atoms with E-state index >= 15 is 0 Å². The standard InChI is InChI=1S/C32H54N8O17P2S/c33-29-26-30(36-18-35-29)40(19-37-26)31-27(43)28(22(56-31)16-54-58(45,46)47)57-59(48,49)55-15-20(41)14-53-13-12-52-11-10-51-9-8-50-7-3-6-34-24(42)5-2-1-4-23-25-21(17-60-23)38-32(44)39-25/h18-23,25,27-28,31,41,43H,1-17H2,(H,34,42)(H,48,49)(H2,33,35,36)(H2,38,39,44)(H2,45,46,47)/t20?,21?,22-,23?,25?,27-,28-,31-/m1/s1. The van der Waals surface area contributed by atoms with Crippen molar-refractivity contribution in [3.63, 3.8) is 0 Å². The number of fused-ring (bicyclic) bond motifs is 2. The minimum absolute atomic E-state index is 0.0199. The number of carbonyl (C=O) groups excluding carboxylic acids is 2. The van der Waals surface area contributed by atoms with Crippen molar-refractivity contribution < 1.29 is 80.9 Å². The fourth-order valence-corrected chi connectivity index (χ4v) is 9.37. The minimum Gasteiger partial charge on any atom is -0.388 e. The number of phosphoric ester groups is 2. The zero-order valence-corrected chi connectivity index (χ0v) is 35.2. The Hall–Kier alpha value is -2.62. The molecule has 25 nitrogen and oxygen atoms in total. The summed E-state index contributed by atoms with van der Waals surface area (Å²) in [7, 11) is -10.1. The molecule has 0 saturated carbocycles. The van der Waals surface area contributed by atoms with Crippen LogP contribution in [0.4, 0.5) is 10.6 Å². The van der Waals surface area contributed by atoms with E-state index in [9.17, 15) is 43.6 Å². The van der Waals surface area contributed by atoms with Crippen molar-refractivity contribution in [1.82, 2.24) is 35.5 Å². The van der Waals surface area contributed by atoms with Crippen LogP contribution in [0.15, 0.2) is 12.7 Å². The molecule has 60 heavy (non-hydrogen) atoms. The quantitative estimate of drug-likeness (QED) is 0.0267. The number of aliphatic hydroxyl groups excluding tert-OH is 2. The highest BCUT2D eigenvalue weighted by Crippen LogP contribution is 2.49. The van der Waals surface area contributed by atoms with Crippen molar-refractivity contribution >= 4 is 56.3 Å². The number of nitrogens with two attached hydrogens (primary N) is 1. The number of hydrogen-bond donors (Lipinski definition) is 9. The third-order valence-corrected chi connectivity index (χ3v) is 12.3. The van der Waals surface area contributed by atoms with Crippen molar-refractivity contribution in [3.05, 3.63) is 12.7 Å². The van der Waals surface area contributed by atoms with Crippen molar-refractivity contribution in [2.24, 2.45) is 0 Å². The van der Waals surface area contributed by atoms with Crippen LogP contribution < -0.4 is 21.7 Å². The van der Waals surface area contributed by atoms with Gasteiger partial charge in [0, 0.05) is 30.6 Å². The van der Waals surface area contributed by atoms with E-state index in [4.69, 9.17) is 38.5 Å². The van der Waals surface area contributed by atoms with E-state index in [0.29, 0.717) is 51.1 Å². The molecule has 0 radical (unpaired) electrons. The molecule has 3 fully saturated rings. The summed E-state index contributed by atoms with van der Waals surface area (Å²) < 4.78 is 67.3. The molecule has 3 aliphatic rings. The molecular weight excluding hydrogens is 862 g/mol. The Bertz CT molecular complexity index is 1770. The van der Waals surface area contributed by atoms with Gasteiger partial charge in [0.2, 0.25) is 5.91 Å². The maximum atomic E-state index is 12.8. The number of thioether (sulfide) groups is 1. The molecule has 3 aliphatic heterocycles. The van der Waals surface area contributed by atoms with Gasteiger partial charge in [-0.1, -0.05) is 6.42 Å². The third-order valence-electron chi connectivity index (χ3n) is 9.36. The van der Waals surface area contributed by atoms with Gasteiger partial charge in [-0.2, -0.15) is 11.8 Å². The normalized spacial score (nSPS) is 25.6. The number of nitrogen functional groups attached to an aromatic ring is 1. The Morgan fingerprint density at radius 3 is 2.43 bits per heavy atom. The van der Waals surface area contributed by atoms with Gasteiger partial charge in [-0.3, -0.25) is 22.9 Å². The summed E-state index contributed by atoms with van der Waals surface area (Å²) >= 11 is 1.87. The number of ether oxygens (including phenoxy) is 5. The number of amides is 3. The van der Waals surface area contributed by atoms with Gasteiger partial charge in [-0.05, 0) is 19.3 Å². The fraction of sp³-hybridized carbons (Fsp3) is 0.781. The highest BCUT2D eigenvalue weighted by atomic mass is 32.2. The molecule has 0 spiro atoms. The molecule has 2 aromatic rings. The number of imidazole rings is 1. The zero-order chi connectivity index (χ0) is 43.1. The molecule has 0 bridgehead atoms. The lowest BCUT2D eigenvalue weighted by Crippen LogP contribution is -2.36. The van der Waals surface area contributed by atoms with Crippen molar-refractivity contribution in [3.8, 4) is 0 Å². The first-order valence-electron chi connectivity index (χ1n) is 19.3. The van der Waals surface area contributed by atoms with Crippen LogP contribution in [0.3, 0.4) is 0 Å². The van der Waals surface area contributed by atoms with Gasteiger partial charge in [0.15, 0.2) is 17.7 Å². The summed E-state index contributed by atoms with van der Waals surface area (Å²) in [6.07, 6.45) is -1.50. The molecule has 28 heteroatoms. The molecule has 9 atom stereocenters. The van der Waals surface area contributed by atoms with Crippen LogP contribution in [0.25, 0.3) is 11.2 Å². The van der Waals surface area contributed by atoms with E-state index in [2.05, 4.69) is 35.4 Å². The second-order valence-electron chi connectivity index (χ2n) is 13.9. The first kappa shape index (κ1) is 48.4. The number of carbonyl (C=O) groups is 2. The van der Waals surface area contributed by atoms with Crippen LogP contribution in [0.2, 0.25) is 0 Å². The first-order chi connectivity index (χ1) is 28.7. The lowest BCUT2D eigenvalue weighted by molar-refractivity contribution is -0.121. The van der Waals surface area contributed by atoms with Gasteiger partial charge in [-0.15, -0.1) is 0 Å². The highest BCUT2D eigenvalue weighted by Gasteiger charge is 2.50. The second-order valence-corrected chi connectivity index (χ2v) is 17.8. The Morgan fingerprint density at radius 1 is 0.983 bits per heavy atom. The number of unbranched alkanes of at least 4 members (excludes halogenated alkanes) is 1. The molecule has 0 aliphatic carbocycles. The van der Waals surface area contributed by atoms with Crippen molar-refractivity contribution in [2.75, 3.05) is 84.1 Å². The number of rotatable bonds is 29. The molecule has 5 heterocycles. The fourth-order valence-electron chi connectivity index (χ4n) is 6.50. The smallest absolute Gasteiger partial charge is 0.388 e. The number of anilines is 1. The minimum atomic E-state index is -5.03.